The SMILES string of the molecule is CCOC(=O)c1ccc(CCCC(Cc2ccc(C)c(O)c2)OS(=O)O)s1. The van der Waals surface area contributed by atoms with Gasteiger partial charge in [-0.25, -0.2) is 4.79 Å². The number of esters is 1. The van der Waals surface area contributed by atoms with Crippen molar-refractivity contribution in [3.05, 3.63) is 51.2 Å². The van der Waals surface area contributed by atoms with Crippen molar-refractivity contribution in [2.45, 2.75) is 45.6 Å². The zero-order valence-corrected chi connectivity index (χ0v) is 17.0. The molecule has 2 atom stereocenters. The van der Waals surface area contributed by atoms with E-state index in [0.717, 1.165) is 28.8 Å². The third kappa shape index (κ3) is 7.06. The smallest absolute Gasteiger partial charge is 0.348 e. The van der Waals surface area contributed by atoms with E-state index in [1.54, 1.807) is 32.0 Å². The van der Waals surface area contributed by atoms with E-state index in [2.05, 4.69) is 0 Å². The minimum atomic E-state index is -2.35. The number of thiophene rings is 1. The summed E-state index contributed by atoms with van der Waals surface area (Å²) < 4.78 is 30.3. The molecular formula is C19H24O6S2. The number of aryl methyl sites for hydroxylation is 2. The van der Waals surface area contributed by atoms with Gasteiger partial charge in [-0.05, 0) is 62.4 Å². The molecule has 2 N–H and O–H groups in total. The van der Waals surface area contributed by atoms with E-state index in [0.29, 0.717) is 24.3 Å². The molecule has 0 aliphatic rings. The summed E-state index contributed by atoms with van der Waals surface area (Å²) in [6, 6.07) is 8.98. The van der Waals surface area contributed by atoms with Crippen LogP contribution in [0.5, 0.6) is 5.75 Å². The predicted molar refractivity (Wildman–Crippen MR) is 105 cm³/mol. The van der Waals surface area contributed by atoms with Gasteiger partial charge in [0.1, 0.15) is 10.6 Å². The van der Waals surface area contributed by atoms with Gasteiger partial charge < -0.3 is 9.84 Å². The Bertz CT molecular complexity index is 786. The monoisotopic (exact) mass is 412 g/mol. The van der Waals surface area contributed by atoms with Crippen molar-refractivity contribution < 1.29 is 27.6 Å². The minimum Gasteiger partial charge on any atom is -0.508 e. The summed E-state index contributed by atoms with van der Waals surface area (Å²) in [6.45, 7) is 3.92. The van der Waals surface area contributed by atoms with Crippen LogP contribution in [0, 0.1) is 6.92 Å². The topological polar surface area (TPSA) is 93.1 Å². The Balaban J connectivity index is 1.91. The molecule has 0 bridgehead atoms. The quantitative estimate of drug-likeness (QED) is 0.452. The van der Waals surface area contributed by atoms with E-state index in [9.17, 15) is 14.1 Å². The molecular weight excluding hydrogens is 388 g/mol. The molecule has 1 heterocycles. The number of phenolic OH excluding ortho intramolecular Hbond substituents is 1. The van der Waals surface area contributed by atoms with Gasteiger partial charge in [0.15, 0.2) is 0 Å². The lowest BCUT2D eigenvalue weighted by Gasteiger charge is -2.15. The summed E-state index contributed by atoms with van der Waals surface area (Å²) in [5, 5.41) is 9.82. The summed E-state index contributed by atoms with van der Waals surface area (Å²) >= 11 is -0.956. The van der Waals surface area contributed by atoms with E-state index in [4.69, 9.17) is 13.5 Å². The van der Waals surface area contributed by atoms with Crippen molar-refractivity contribution in [2.75, 3.05) is 6.61 Å². The molecule has 0 fully saturated rings. The number of carbonyl (C=O) groups excluding carboxylic acids is 1. The number of hydrogen-bond acceptors (Lipinski definition) is 6. The molecule has 0 aliphatic heterocycles. The number of rotatable bonds is 10. The largest absolute Gasteiger partial charge is 0.508 e. The predicted octanol–water partition coefficient (Wildman–Crippen LogP) is 4.03. The maximum Gasteiger partial charge on any atom is 0.348 e. The van der Waals surface area contributed by atoms with E-state index in [-0.39, 0.29) is 11.7 Å². The molecule has 0 aliphatic carbocycles. The Morgan fingerprint density at radius 2 is 2.07 bits per heavy atom. The molecule has 8 heteroatoms. The zero-order chi connectivity index (χ0) is 19.8. The summed E-state index contributed by atoms with van der Waals surface area (Å²) in [5.74, 6) is -0.119. The Kier molecular flexibility index (Phi) is 8.43. The van der Waals surface area contributed by atoms with Gasteiger partial charge in [0.05, 0.1) is 12.7 Å². The molecule has 0 spiro atoms. The maximum absolute atomic E-state index is 11.7. The molecule has 27 heavy (non-hydrogen) atoms. The molecule has 2 rings (SSSR count). The fourth-order valence-electron chi connectivity index (χ4n) is 2.67. The summed E-state index contributed by atoms with van der Waals surface area (Å²) in [6.07, 6.45) is 2.04. The minimum absolute atomic E-state index is 0.196. The summed E-state index contributed by atoms with van der Waals surface area (Å²) in [5.41, 5.74) is 1.62. The van der Waals surface area contributed by atoms with E-state index in [1.165, 1.54) is 11.3 Å². The first-order valence-corrected chi connectivity index (χ1v) is 10.6. The van der Waals surface area contributed by atoms with Gasteiger partial charge in [-0.2, -0.15) is 4.21 Å². The average Bonchev–Trinajstić information content (AvgIpc) is 3.07. The number of benzene rings is 1. The van der Waals surface area contributed by atoms with Gasteiger partial charge in [-0.15, -0.1) is 11.3 Å². The van der Waals surface area contributed by atoms with Gasteiger partial charge in [0.2, 0.25) is 0 Å². The highest BCUT2D eigenvalue weighted by molar-refractivity contribution is 7.74. The number of phenols is 1. The number of ether oxygens (including phenoxy) is 1. The molecule has 2 aromatic rings. The molecule has 6 nitrogen and oxygen atoms in total. The van der Waals surface area contributed by atoms with Gasteiger partial charge in [-0.3, -0.25) is 8.74 Å². The van der Waals surface area contributed by atoms with Gasteiger partial charge in [0.25, 0.3) is 0 Å². The van der Waals surface area contributed by atoms with Crippen LogP contribution in [0.25, 0.3) is 0 Å². The molecule has 1 aromatic carbocycles. The van der Waals surface area contributed by atoms with E-state index >= 15 is 0 Å². The normalized spacial score (nSPS) is 13.3. The Hall–Kier alpha value is -1.74. The zero-order valence-electron chi connectivity index (χ0n) is 15.3. The van der Waals surface area contributed by atoms with Crippen LogP contribution in [0.15, 0.2) is 30.3 Å². The molecule has 148 valence electrons. The van der Waals surface area contributed by atoms with Gasteiger partial charge in [0, 0.05) is 11.3 Å². The number of aromatic hydroxyl groups is 1. The Morgan fingerprint density at radius 3 is 2.74 bits per heavy atom. The summed E-state index contributed by atoms with van der Waals surface area (Å²) in [7, 11) is 0. The molecule has 0 radical (unpaired) electrons. The fourth-order valence-corrected chi connectivity index (χ4v) is 4.01. The van der Waals surface area contributed by atoms with Gasteiger partial charge >= 0.3 is 17.3 Å². The second-order valence-corrected chi connectivity index (χ2v) is 7.93. The van der Waals surface area contributed by atoms with Crippen molar-refractivity contribution in [3.63, 3.8) is 0 Å². The summed E-state index contributed by atoms with van der Waals surface area (Å²) in [4.78, 5) is 13.3. The first kappa shape index (κ1) is 21.6. The average molecular weight is 413 g/mol. The van der Waals surface area contributed by atoms with Crippen LogP contribution < -0.4 is 0 Å². The Labute approximate surface area is 165 Å². The highest BCUT2D eigenvalue weighted by Gasteiger charge is 2.15. The molecule has 0 saturated heterocycles. The van der Waals surface area contributed by atoms with Crippen molar-refractivity contribution in [2.24, 2.45) is 0 Å². The third-order valence-electron chi connectivity index (χ3n) is 4.04. The van der Waals surface area contributed by atoms with Crippen LogP contribution in [0.1, 0.15) is 45.4 Å². The van der Waals surface area contributed by atoms with Crippen LogP contribution in [-0.2, 0) is 33.1 Å². The van der Waals surface area contributed by atoms with Crippen LogP contribution in [0.4, 0.5) is 0 Å². The Morgan fingerprint density at radius 1 is 1.30 bits per heavy atom. The van der Waals surface area contributed by atoms with E-state index < -0.39 is 17.5 Å². The lowest BCUT2D eigenvalue weighted by atomic mass is 10.0. The van der Waals surface area contributed by atoms with Crippen molar-refractivity contribution in [1.82, 2.24) is 0 Å². The first-order chi connectivity index (χ1) is 12.9. The lowest BCUT2D eigenvalue weighted by molar-refractivity contribution is 0.0532. The second kappa shape index (κ2) is 10.6. The van der Waals surface area contributed by atoms with Crippen LogP contribution >= 0.6 is 11.3 Å². The lowest BCUT2D eigenvalue weighted by Crippen LogP contribution is -2.17. The third-order valence-corrected chi connectivity index (χ3v) is 5.60. The molecule has 0 saturated carbocycles. The molecule has 2 unspecified atom stereocenters. The number of carbonyl (C=O) groups is 1. The van der Waals surface area contributed by atoms with Crippen LogP contribution in [-0.4, -0.2) is 32.5 Å². The van der Waals surface area contributed by atoms with Crippen molar-refractivity contribution in [3.8, 4) is 5.75 Å². The first-order valence-electron chi connectivity index (χ1n) is 8.71. The van der Waals surface area contributed by atoms with Gasteiger partial charge in [-0.1, -0.05) is 12.1 Å². The highest BCUT2D eigenvalue weighted by Crippen LogP contribution is 2.23. The van der Waals surface area contributed by atoms with Crippen LogP contribution in [0.3, 0.4) is 0 Å². The van der Waals surface area contributed by atoms with Crippen LogP contribution in [0.2, 0.25) is 0 Å². The van der Waals surface area contributed by atoms with E-state index in [1.807, 2.05) is 12.1 Å². The van der Waals surface area contributed by atoms with Crippen molar-refractivity contribution in [1.29, 1.82) is 0 Å². The maximum atomic E-state index is 11.7. The molecule has 1 aromatic heterocycles. The highest BCUT2D eigenvalue weighted by atomic mass is 32.2. The standard InChI is InChI=1S/C19H24O6S2/c1-3-24-19(21)18-10-9-16(26-18)6-4-5-15(25-27(22)23)11-14-8-7-13(2)17(20)12-14/h7-10,12,15,20H,3-6,11H2,1-2H3,(H,22,23). The molecule has 0 amide bonds. The second-order valence-electron chi connectivity index (χ2n) is 6.14. The number of hydrogen-bond donors (Lipinski definition) is 2. The van der Waals surface area contributed by atoms with Crippen molar-refractivity contribution >= 4 is 28.7 Å². The fraction of sp³-hybridized carbons (Fsp3) is 0.421.